The first-order valence-corrected chi connectivity index (χ1v) is 13.8. The maximum Gasteiger partial charge on any atom is 0.338 e. The van der Waals surface area contributed by atoms with E-state index in [9.17, 15) is 28.8 Å². The molecule has 12 heteroatoms. The SMILES string of the molecule is Cc1cccc(N2C(=O)c3ccc(C(=O)O[C@H]4CO[C@H]5[C@@H]4OC[C@H]5OC(=O)c4ccc5c(c4)C(=O)N(C)C5=O)cc3C2=O)c1. The van der Waals surface area contributed by atoms with Crippen molar-refractivity contribution in [2.45, 2.75) is 31.3 Å². The minimum absolute atomic E-state index is 0.00945. The Morgan fingerprint density at radius 3 is 1.75 bits per heavy atom. The first-order valence-electron chi connectivity index (χ1n) is 13.8. The van der Waals surface area contributed by atoms with Crippen LogP contribution in [-0.4, -0.2) is 85.1 Å². The number of benzene rings is 3. The predicted molar refractivity (Wildman–Crippen MR) is 150 cm³/mol. The molecule has 222 valence electrons. The van der Waals surface area contributed by atoms with Gasteiger partial charge in [-0.2, -0.15) is 0 Å². The van der Waals surface area contributed by atoms with Gasteiger partial charge in [-0.05, 0) is 61.0 Å². The molecule has 0 spiro atoms. The third kappa shape index (κ3) is 4.29. The van der Waals surface area contributed by atoms with Crippen LogP contribution in [0, 0.1) is 6.92 Å². The molecule has 0 radical (unpaired) electrons. The summed E-state index contributed by atoms with van der Waals surface area (Å²) in [5.41, 5.74) is 2.12. The van der Waals surface area contributed by atoms with Crippen molar-refractivity contribution in [2.75, 3.05) is 25.2 Å². The third-order valence-corrected chi connectivity index (χ3v) is 8.19. The van der Waals surface area contributed by atoms with Crippen LogP contribution in [0.25, 0.3) is 0 Å². The molecule has 0 N–H and O–H groups in total. The van der Waals surface area contributed by atoms with Gasteiger partial charge in [-0.15, -0.1) is 0 Å². The highest BCUT2D eigenvalue weighted by molar-refractivity contribution is 6.34. The van der Waals surface area contributed by atoms with Crippen LogP contribution >= 0.6 is 0 Å². The number of hydrogen-bond donors (Lipinski definition) is 0. The van der Waals surface area contributed by atoms with Crippen LogP contribution in [0.1, 0.15) is 67.7 Å². The lowest BCUT2D eigenvalue weighted by molar-refractivity contribution is -0.0287. The molecule has 3 aromatic rings. The molecule has 3 aromatic carbocycles. The Kier molecular flexibility index (Phi) is 6.41. The summed E-state index contributed by atoms with van der Waals surface area (Å²) < 4.78 is 22.8. The molecule has 4 aliphatic heterocycles. The second kappa shape index (κ2) is 10.2. The van der Waals surface area contributed by atoms with Crippen LogP contribution < -0.4 is 4.90 Å². The summed E-state index contributed by atoms with van der Waals surface area (Å²) >= 11 is 0. The maximum absolute atomic E-state index is 13.2. The van der Waals surface area contributed by atoms with Gasteiger partial charge in [0, 0.05) is 7.05 Å². The highest BCUT2D eigenvalue weighted by Crippen LogP contribution is 2.33. The number of amides is 4. The number of imide groups is 2. The first-order chi connectivity index (χ1) is 21.1. The van der Waals surface area contributed by atoms with Gasteiger partial charge < -0.3 is 18.9 Å². The molecular formula is C32H24N2O10. The van der Waals surface area contributed by atoms with Gasteiger partial charge in [-0.25, -0.2) is 14.5 Å². The lowest BCUT2D eigenvalue weighted by atomic mass is 10.1. The van der Waals surface area contributed by atoms with Crippen LogP contribution in [0.2, 0.25) is 0 Å². The monoisotopic (exact) mass is 596 g/mol. The van der Waals surface area contributed by atoms with Gasteiger partial charge in [0.25, 0.3) is 23.6 Å². The number of ether oxygens (including phenoxy) is 4. The molecule has 0 saturated carbocycles. The summed E-state index contributed by atoms with van der Waals surface area (Å²) in [7, 11) is 1.37. The van der Waals surface area contributed by atoms with E-state index < -0.39 is 60.0 Å². The molecular weight excluding hydrogens is 572 g/mol. The van der Waals surface area contributed by atoms with Gasteiger partial charge in [-0.3, -0.25) is 24.1 Å². The second-order valence-corrected chi connectivity index (χ2v) is 11.0. The van der Waals surface area contributed by atoms with Gasteiger partial charge in [0.15, 0.2) is 12.2 Å². The standard InChI is InChI=1S/C32H24N2O10/c1-15-4-3-5-18(10-15)34-29(37)20-9-7-17(12-22(20)30(34)38)32(40)44-24-14-42-25-23(13-41-26(24)25)43-31(39)16-6-8-19-21(11-16)28(36)33(2)27(19)35/h3-12,23-26H,13-14H2,1-2H3/t23-,24+,25-,26-/m1/s1. The summed E-state index contributed by atoms with van der Waals surface area (Å²) in [6.07, 6.45) is -3.04. The summed E-state index contributed by atoms with van der Waals surface area (Å²) in [5.74, 6) is -3.42. The number of rotatable bonds is 5. The van der Waals surface area contributed by atoms with E-state index in [0.717, 1.165) is 15.4 Å². The summed E-state index contributed by atoms with van der Waals surface area (Å²) in [6, 6.07) is 15.3. The Balaban J connectivity index is 1.01. The fraction of sp³-hybridized carbons (Fsp3) is 0.250. The van der Waals surface area contributed by atoms with Crippen LogP contribution in [0.15, 0.2) is 60.7 Å². The van der Waals surface area contributed by atoms with Gasteiger partial charge >= 0.3 is 11.9 Å². The van der Waals surface area contributed by atoms with Crippen LogP contribution in [0.4, 0.5) is 5.69 Å². The second-order valence-electron chi connectivity index (χ2n) is 11.0. The van der Waals surface area contributed by atoms with E-state index in [-0.39, 0.29) is 46.6 Å². The lowest BCUT2D eigenvalue weighted by Crippen LogP contribution is -2.36. The summed E-state index contributed by atoms with van der Waals surface area (Å²) in [4.78, 5) is 78.6. The minimum Gasteiger partial charge on any atom is -0.453 e. The highest BCUT2D eigenvalue weighted by atomic mass is 16.7. The third-order valence-electron chi connectivity index (χ3n) is 8.19. The van der Waals surface area contributed by atoms with E-state index in [1.807, 2.05) is 13.0 Å². The molecule has 4 amide bonds. The zero-order valence-corrected chi connectivity index (χ0v) is 23.5. The molecule has 0 unspecified atom stereocenters. The Hall–Kier alpha value is -5.20. The van der Waals surface area contributed by atoms with Crippen molar-refractivity contribution in [1.29, 1.82) is 0 Å². The Bertz CT molecular complexity index is 1820. The van der Waals surface area contributed by atoms with Gasteiger partial charge in [0.2, 0.25) is 0 Å². The molecule has 0 aliphatic carbocycles. The number of aryl methyl sites for hydroxylation is 1. The number of fused-ring (bicyclic) bond motifs is 3. The number of nitrogens with zero attached hydrogens (tertiary/aromatic N) is 2. The van der Waals surface area contributed by atoms with E-state index in [1.165, 1.54) is 43.4 Å². The molecule has 44 heavy (non-hydrogen) atoms. The average molecular weight is 597 g/mol. The van der Waals surface area contributed by atoms with Crippen molar-refractivity contribution in [2.24, 2.45) is 0 Å². The first kappa shape index (κ1) is 27.6. The zero-order chi connectivity index (χ0) is 30.9. The molecule has 2 saturated heterocycles. The highest BCUT2D eigenvalue weighted by Gasteiger charge is 2.51. The van der Waals surface area contributed by atoms with E-state index in [2.05, 4.69) is 0 Å². The number of carbonyl (C=O) groups excluding carboxylic acids is 6. The van der Waals surface area contributed by atoms with Crippen molar-refractivity contribution in [1.82, 2.24) is 4.90 Å². The molecule has 0 aromatic heterocycles. The quantitative estimate of drug-likeness (QED) is 0.318. The Labute approximate surface area is 250 Å². The zero-order valence-electron chi connectivity index (χ0n) is 23.5. The van der Waals surface area contributed by atoms with Gasteiger partial charge in [-0.1, -0.05) is 12.1 Å². The molecule has 4 atom stereocenters. The molecule has 12 nitrogen and oxygen atoms in total. The smallest absolute Gasteiger partial charge is 0.338 e. The van der Waals surface area contributed by atoms with E-state index in [1.54, 1.807) is 18.2 Å². The summed E-state index contributed by atoms with van der Waals surface area (Å²) in [5, 5.41) is 0. The molecule has 4 aliphatic rings. The predicted octanol–water partition coefficient (Wildman–Crippen LogP) is 2.57. The number of carbonyl (C=O) groups is 6. The number of hydrogen-bond acceptors (Lipinski definition) is 10. The molecule has 7 rings (SSSR count). The number of anilines is 1. The fourth-order valence-corrected chi connectivity index (χ4v) is 5.90. The summed E-state index contributed by atoms with van der Waals surface area (Å²) in [6.45, 7) is 1.83. The van der Waals surface area contributed by atoms with Crippen molar-refractivity contribution in [3.63, 3.8) is 0 Å². The van der Waals surface area contributed by atoms with Gasteiger partial charge in [0.05, 0.1) is 52.3 Å². The van der Waals surface area contributed by atoms with Crippen molar-refractivity contribution < 1.29 is 47.7 Å². The molecule has 4 heterocycles. The molecule has 2 fully saturated rings. The lowest BCUT2D eigenvalue weighted by Gasteiger charge is -2.17. The van der Waals surface area contributed by atoms with Gasteiger partial charge in [0.1, 0.15) is 12.2 Å². The normalized spacial score (nSPS) is 23.6. The maximum atomic E-state index is 13.2. The van der Waals surface area contributed by atoms with E-state index in [0.29, 0.717) is 5.69 Å². The number of esters is 2. The Morgan fingerprint density at radius 1 is 0.682 bits per heavy atom. The largest absolute Gasteiger partial charge is 0.453 e. The van der Waals surface area contributed by atoms with Crippen LogP contribution in [0.3, 0.4) is 0 Å². The minimum atomic E-state index is -0.815. The van der Waals surface area contributed by atoms with Crippen molar-refractivity contribution in [3.05, 3.63) is 99.6 Å². The van der Waals surface area contributed by atoms with Crippen LogP contribution in [0.5, 0.6) is 0 Å². The molecule has 0 bridgehead atoms. The van der Waals surface area contributed by atoms with E-state index in [4.69, 9.17) is 18.9 Å². The van der Waals surface area contributed by atoms with E-state index >= 15 is 0 Å². The van der Waals surface area contributed by atoms with Crippen molar-refractivity contribution in [3.8, 4) is 0 Å². The fourth-order valence-electron chi connectivity index (χ4n) is 5.90. The average Bonchev–Trinajstić information content (AvgIpc) is 3.73. The van der Waals surface area contributed by atoms with Crippen molar-refractivity contribution >= 4 is 41.3 Å². The Morgan fingerprint density at radius 2 is 1.18 bits per heavy atom. The van der Waals surface area contributed by atoms with Crippen LogP contribution in [-0.2, 0) is 18.9 Å². The topological polar surface area (TPSA) is 146 Å².